The number of amides is 3. The number of urea groups is 1. The van der Waals surface area contributed by atoms with Crippen molar-refractivity contribution in [2.75, 3.05) is 18.0 Å². The highest BCUT2D eigenvalue weighted by Crippen LogP contribution is 2.55. The van der Waals surface area contributed by atoms with Crippen LogP contribution >= 0.6 is 23.2 Å². The molecule has 0 spiro atoms. The molecular formula is C32H37Cl2N3O4. The first kappa shape index (κ1) is 28.4. The molecule has 4 bridgehead atoms. The van der Waals surface area contributed by atoms with Gasteiger partial charge in [0, 0.05) is 52.7 Å². The second kappa shape index (κ2) is 10.8. The van der Waals surface area contributed by atoms with Crippen LogP contribution in [0.25, 0.3) is 0 Å². The third-order valence-corrected chi connectivity index (χ3v) is 10.3. The van der Waals surface area contributed by atoms with Crippen LogP contribution in [0, 0.1) is 30.1 Å². The van der Waals surface area contributed by atoms with Crippen LogP contribution in [0.3, 0.4) is 0 Å². The molecule has 2 N–H and O–H groups in total. The lowest BCUT2D eigenvalue weighted by Crippen LogP contribution is -2.62. The number of hydrogen-bond donors (Lipinski definition) is 2. The summed E-state index contributed by atoms with van der Waals surface area (Å²) in [5, 5.41) is 14.4. The Morgan fingerprint density at radius 1 is 0.951 bits per heavy atom. The van der Waals surface area contributed by atoms with E-state index in [4.69, 9.17) is 23.2 Å². The highest BCUT2D eigenvalue weighted by atomic mass is 35.5. The van der Waals surface area contributed by atoms with E-state index in [1.807, 2.05) is 31.2 Å². The standard InChI is InChI=1S/C32H37Cl2N3O4/c1-20-2-6-26(7-3-20)37-19-31(16-29(39)40,18-36(30(37)41)17-24-4-5-25(33)11-27(24)34)15-28(38)35-32-12-21-8-22(13-32)10-23(9-21)14-32/h2-7,11,21-23H,8-10,12-19H2,1H3,(H,35,38)(H,39,40). The van der Waals surface area contributed by atoms with Gasteiger partial charge in [-0.05, 0) is 93.0 Å². The quantitative estimate of drug-likeness (QED) is 0.355. The molecule has 1 heterocycles. The van der Waals surface area contributed by atoms with Gasteiger partial charge in [-0.3, -0.25) is 14.5 Å². The van der Waals surface area contributed by atoms with Crippen molar-refractivity contribution < 1.29 is 19.5 Å². The van der Waals surface area contributed by atoms with Gasteiger partial charge in [-0.15, -0.1) is 0 Å². The van der Waals surface area contributed by atoms with Gasteiger partial charge >= 0.3 is 12.0 Å². The highest BCUT2D eigenvalue weighted by molar-refractivity contribution is 6.35. The summed E-state index contributed by atoms with van der Waals surface area (Å²) in [7, 11) is 0. The Bertz CT molecular complexity index is 1330. The zero-order valence-electron chi connectivity index (χ0n) is 23.4. The lowest BCUT2D eigenvalue weighted by Gasteiger charge is -2.57. The largest absolute Gasteiger partial charge is 0.481 e. The van der Waals surface area contributed by atoms with Gasteiger partial charge in [0.05, 0.1) is 6.42 Å². The number of carboxylic acid groups (broad SMARTS) is 1. The summed E-state index contributed by atoms with van der Waals surface area (Å²) >= 11 is 12.6. The zero-order chi connectivity index (χ0) is 28.9. The average Bonchev–Trinajstić information content (AvgIpc) is 2.86. The summed E-state index contributed by atoms with van der Waals surface area (Å²) < 4.78 is 0. The normalized spacial score (nSPS) is 30.5. The Morgan fingerprint density at radius 3 is 2.17 bits per heavy atom. The predicted octanol–water partition coefficient (Wildman–Crippen LogP) is 6.68. The van der Waals surface area contributed by atoms with Crippen molar-refractivity contribution >= 4 is 46.8 Å². The molecule has 0 radical (unpaired) electrons. The number of rotatable bonds is 8. The van der Waals surface area contributed by atoms with Crippen LogP contribution in [-0.2, 0) is 16.1 Å². The third-order valence-electron chi connectivity index (χ3n) is 9.75. The van der Waals surface area contributed by atoms with Gasteiger partial charge in [0.25, 0.3) is 0 Å². The van der Waals surface area contributed by atoms with Gasteiger partial charge in [0.15, 0.2) is 0 Å². The molecule has 7 nitrogen and oxygen atoms in total. The first-order chi connectivity index (χ1) is 19.5. The Balaban J connectivity index is 1.30. The molecular weight excluding hydrogens is 561 g/mol. The van der Waals surface area contributed by atoms with Gasteiger partial charge in [-0.1, -0.05) is 47.0 Å². The fourth-order valence-corrected chi connectivity index (χ4v) is 9.02. The van der Waals surface area contributed by atoms with Crippen molar-refractivity contribution in [1.29, 1.82) is 0 Å². The number of carboxylic acids is 1. The molecule has 1 saturated heterocycles. The fraction of sp³-hybridized carbons (Fsp3) is 0.531. The molecule has 9 heteroatoms. The van der Waals surface area contributed by atoms with Gasteiger partial charge in [-0.2, -0.15) is 0 Å². The van der Waals surface area contributed by atoms with E-state index in [2.05, 4.69) is 5.32 Å². The third kappa shape index (κ3) is 5.94. The zero-order valence-corrected chi connectivity index (χ0v) is 24.9. The van der Waals surface area contributed by atoms with Crippen LogP contribution in [-0.4, -0.2) is 46.5 Å². The maximum atomic E-state index is 13.9. The summed E-state index contributed by atoms with van der Waals surface area (Å²) in [4.78, 5) is 43.3. The smallest absolute Gasteiger partial charge is 0.324 e. The predicted molar refractivity (Wildman–Crippen MR) is 159 cm³/mol. The van der Waals surface area contributed by atoms with E-state index in [0.29, 0.717) is 39.0 Å². The minimum Gasteiger partial charge on any atom is -0.481 e. The van der Waals surface area contributed by atoms with Crippen molar-refractivity contribution in [3.05, 3.63) is 63.6 Å². The maximum Gasteiger partial charge on any atom is 0.324 e. The Morgan fingerprint density at radius 2 is 1.59 bits per heavy atom. The van der Waals surface area contributed by atoms with E-state index in [0.717, 1.165) is 24.8 Å². The van der Waals surface area contributed by atoms with Crippen molar-refractivity contribution in [1.82, 2.24) is 10.2 Å². The van der Waals surface area contributed by atoms with E-state index in [1.165, 1.54) is 19.3 Å². The second-order valence-electron chi connectivity index (χ2n) is 13.3. The number of carbonyl (C=O) groups is 3. The SMILES string of the molecule is Cc1ccc(N2CC(CC(=O)O)(CC(=O)NC34CC5CC(CC(C5)C3)C4)CN(Cc3ccc(Cl)cc3Cl)C2=O)cc1. The highest BCUT2D eigenvalue weighted by Gasteiger charge is 2.53. The number of anilines is 1. The number of benzene rings is 2. The Labute approximate surface area is 251 Å². The van der Waals surface area contributed by atoms with Crippen LogP contribution < -0.4 is 10.2 Å². The van der Waals surface area contributed by atoms with Crippen molar-refractivity contribution in [3.8, 4) is 0 Å². The molecule has 41 heavy (non-hydrogen) atoms. The molecule has 0 aromatic heterocycles. The summed E-state index contributed by atoms with van der Waals surface area (Å²) in [6.45, 7) is 2.42. The minimum absolute atomic E-state index is 0.0293. The molecule has 1 aliphatic heterocycles. The molecule has 4 saturated carbocycles. The molecule has 1 atom stereocenters. The molecule has 4 aliphatic carbocycles. The number of carbonyl (C=O) groups excluding carboxylic acids is 2. The molecule has 218 valence electrons. The van der Waals surface area contributed by atoms with Crippen LogP contribution in [0.15, 0.2) is 42.5 Å². The number of aryl methyl sites for hydroxylation is 1. The number of halogens is 2. The van der Waals surface area contributed by atoms with Crippen LogP contribution in [0.2, 0.25) is 10.0 Å². The van der Waals surface area contributed by atoms with Crippen LogP contribution in [0.1, 0.15) is 62.5 Å². The molecule has 2 aromatic carbocycles. The van der Waals surface area contributed by atoms with Crippen LogP contribution in [0.5, 0.6) is 0 Å². The minimum atomic E-state index is -0.990. The lowest BCUT2D eigenvalue weighted by atomic mass is 9.53. The summed E-state index contributed by atoms with van der Waals surface area (Å²) in [6, 6.07) is 12.5. The van der Waals surface area contributed by atoms with Gasteiger partial charge in [0.1, 0.15) is 0 Å². The molecule has 7 rings (SSSR count). The summed E-state index contributed by atoms with van der Waals surface area (Å²) in [5.74, 6) is 0.932. The fourth-order valence-electron chi connectivity index (χ4n) is 8.55. The number of aliphatic carboxylic acids is 1. The summed E-state index contributed by atoms with van der Waals surface area (Å²) in [6.07, 6.45) is 6.67. The molecule has 1 unspecified atom stereocenters. The van der Waals surface area contributed by atoms with Crippen molar-refractivity contribution in [2.24, 2.45) is 23.2 Å². The van der Waals surface area contributed by atoms with E-state index in [1.54, 1.807) is 28.0 Å². The molecule has 5 aliphatic rings. The first-order valence-electron chi connectivity index (χ1n) is 14.6. The molecule has 3 amide bonds. The van der Waals surface area contributed by atoms with Crippen molar-refractivity contribution in [3.63, 3.8) is 0 Å². The van der Waals surface area contributed by atoms with E-state index in [9.17, 15) is 19.5 Å². The Hall–Kier alpha value is -2.77. The first-order valence-corrected chi connectivity index (χ1v) is 15.4. The monoisotopic (exact) mass is 597 g/mol. The number of nitrogens with zero attached hydrogens (tertiary/aromatic N) is 2. The topological polar surface area (TPSA) is 89.9 Å². The lowest BCUT2D eigenvalue weighted by molar-refractivity contribution is -0.141. The average molecular weight is 599 g/mol. The Kier molecular flexibility index (Phi) is 7.48. The molecule has 2 aromatic rings. The maximum absolute atomic E-state index is 13.9. The van der Waals surface area contributed by atoms with Crippen molar-refractivity contribution in [2.45, 2.75) is 70.4 Å². The number of nitrogens with one attached hydrogen (secondary N) is 1. The van der Waals surface area contributed by atoms with Gasteiger partial charge < -0.3 is 15.3 Å². The van der Waals surface area contributed by atoms with Gasteiger partial charge in [-0.25, -0.2) is 4.79 Å². The van der Waals surface area contributed by atoms with E-state index < -0.39 is 11.4 Å². The van der Waals surface area contributed by atoms with E-state index >= 15 is 0 Å². The second-order valence-corrected chi connectivity index (χ2v) is 14.1. The summed E-state index contributed by atoms with van der Waals surface area (Å²) in [5.41, 5.74) is 1.26. The van der Waals surface area contributed by atoms with Gasteiger partial charge in [0.2, 0.25) is 5.91 Å². The van der Waals surface area contributed by atoms with E-state index in [-0.39, 0.29) is 50.0 Å². The number of hydrogen-bond acceptors (Lipinski definition) is 3. The molecule has 5 fully saturated rings. The van der Waals surface area contributed by atoms with Crippen LogP contribution in [0.4, 0.5) is 10.5 Å².